The second-order valence-electron chi connectivity index (χ2n) is 6.56. The van der Waals surface area contributed by atoms with Crippen LogP contribution in [0.15, 0.2) is 53.4 Å². The van der Waals surface area contributed by atoms with Crippen molar-refractivity contribution in [1.82, 2.24) is 9.80 Å². The first-order valence-electron chi connectivity index (χ1n) is 8.82. The molecule has 0 saturated carbocycles. The third-order valence-corrected chi connectivity index (χ3v) is 5.55. The van der Waals surface area contributed by atoms with Gasteiger partial charge in [-0.05, 0) is 42.0 Å². The molecule has 0 bridgehead atoms. The first kappa shape index (κ1) is 18.5. The lowest BCUT2D eigenvalue weighted by molar-refractivity contribution is -0.135. The van der Waals surface area contributed by atoms with E-state index >= 15 is 0 Å². The average molecular weight is 369 g/mol. The molecule has 1 heterocycles. The summed E-state index contributed by atoms with van der Waals surface area (Å²) in [6.07, 6.45) is 2.64. The molecule has 0 radical (unpaired) electrons. The molecule has 1 unspecified atom stereocenters. The van der Waals surface area contributed by atoms with Crippen molar-refractivity contribution in [2.75, 3.05) is 13.3 Å². The Bertz CT molecular complexity index is 821. The standard InChI is InChI=1S/C21H24N2O2S/c1-4-19(23-14-16-9-5-6-11-18(16)20(23)24)21(25)22(2)13-15-8-7-10-17(12-15)26-3/h5-12,19H,4,13-14H2,1-3H3. The fraction of sp³-hybridized carbons (Fsp3) is 0.333. The van der Waals surface area contributed by atoms with Crippen LogP contribution in [0.3, 0.4) is 0 Å². The van der Waals surface area contributed by atoms with Crippen LogP contribution in [0.4, 0.5) is 0 Å². The topological polar surface area (TPSA) is 40.6 Å². The van der Waals surface area contributed by atoms with Gasteiger partial charge in [-0.1, -0.05) is 37.3 Å². The van der Waals surface area contributed by atoms with Gasteiger partial charge in [0, 0.05) is 30.6 Å². The van der Waals surface area contributed by atoms with Gasteiger partial charge in [-0.25, -0.2) is 0 Å². The van der Waals surface area contributed by atoms with Crippen molar-refractivity contribution in [3.8, 4) is 0 Å². The Hall–Kier alpha value is -2.27. The Labute approximate surface area is 159 Å². The molecule has 0 spiro atoms. The van der Waals surface area contributed by atoms with Crippen molar-refractivity contribution in [1.29, 1.82) is 0 Å². The molecule has 0 N–H and O–H groups in total. The first-order valence-corrected chi connectivity index (χ1v) is 10.0. The van der Waals surface area contributed by atoms with Crippen molar-refractivity contribution in [3.63, 3.8) is 0 Å². The Morgan fingerprint density at radius 3 is 2.69 bits per heavy atom. The molecule has 3 rings (SSSR count). The van der Waals surface area contributed by atoms with Crippen molar-refractivity contribution in [2.24, 2.45) is 0 Å². The fourth-order valence-electron chi connectivity index (χ4n) is 3.43. The van der Waals surface area contributed by atoms with Crippen LogP contribution >= 0.6 is 11.8 Å². The summed E-state index contributed by atoms with van der Waals surface area (Å²) in [5, 5.41) is 0. The number of thioether (sulfide) groups is 1. The van der Waals surface area contributed by atoms with Crippen LogP contribution in [-0.2, 0) is 17.9 Å². The van der Waals surface area contributed by atoms with Gasteiger partial charge in [-0.3, -0.25) is 9.59 Å². The number of carbonyl (C=O) groups is 2. The maximum absolute atomic E-state index is 13.0. The van der Waals surface area contributed by atoms with E-state index in [-0.39, 0.29) is 11.8 Å². The molecule has 2 aromatic rings. The third kappa shape index (κ3) is 3.63. The molecule has 0 aromatic heterocycles. The van der Waals surface area contributed by atoms with Crippen LogP contribution in [0.25, 0.3) is 0 Å². The van der Waals surface area contributed by atoms with Gasteiger partial charge in [0.1, 0.15) is 6.04 Å². The van der Waals surface area contributed by atoms with E-state index in [0.29, 0.717) is 25.1 Å². The van der Waals surface area contributed by atoms with Gasteiger partial charge in [-0.2, -0.15) is 0 Å². The molecule has 4 nitrogen and oxygen atoms in total. The summed E-state index contributed by atoms with van der Waals surface area (Å²) in [6, 6.07) is 15.4. The number of hydrogen-bond acceptors (Lipinski definition) is 3. The normalized spacial score (nSPS) is 14.3. The Morgan fingerprint density at radius 1 is 1.23 bits per heavy atom. The van der Waals surface area contributed by atoms with E-state index in [9.17, 15) is 9.59 Å². The number of likely N-dealkylation sites (N-methyl/N-ethyl adjacent to an activating group) is 1. The molecule has 1 aliphatic heterocycles. The van der Waals surface area contributed by atoms with Crippen LogP contribution < -0.4 is 0 Å². The van der Waals surface area contributed by atoms with Crippen LogP contribution in [0, 0.1) is 0 Å². The number of benzene rings is 2. The van der Waals surface area contributed by atoms with Crippen molar-refractivity contribution in [3.05, 3.63) is 65.2 Å². The minimum absolute atomic E-state index is 0.0109. The molecule has 26 heavy (non-hydrogen) atoms. The number of nitrogens with zero attached hydrogens (tertiary/aromatic N) is 2. The van der Waals surface area contributed by atoms with E-state index < -0.39 is 6.04 Å². The summed E-state index contributed by atoms with van der Waals surface area (Å²) in [7, 11) is 1.81. The Kier molecular flexibility index (Phi) is 5.67. The van der Waals surface area contributed by atoms with E-state index in [4.69, 9.17) is 0 Å². The Morgan fingerprint density at radius 2 is 2.00 bits per heavy atom. The Balaban J connectivity index is 1.74. The molecule has 0 fully saturated rings. The van der Waals surface area contributed by atoms with Gasteiger partial charge in [0.25, 0.3) is 5.91 Å². The van der Waals surface area contributed by atoms with E-state index in [1.807, 2.05) is 56.6 Å². The smallest absolute Gasteiger partial charge is 0.255 e. The lowest BCUT2D eigenvalue weighted by Gasteiger charge is -2.30. The SMILES string of the molecule is CCC(C(=O)N(C)Cc1cccc(SC)c1)N1Cc2ccccc2C1=O. The maximum atomic E-state index is 13.0. The highest BCUT2D eigenvalue weighted by atomic mass is 32.2. The molecule has 0 aliphatic carbocycles. The monoisotopic (exact) mass is 368 g/mol. The quantitative estimate of drug-likeness (QED) is 0.728. The highest BCUT2D eigenvalue weighted by Gasteiger charge is 2.36. The second-order valence-corrected chi connectivity index (χ2v) is 7.44. The van der Waals surface area contributed by atoms with Crippen molar-refractivity contribution in [2.45, 2.75) is 37.4 Å². The van der Waals surface area contributed by atoms with Gasteiger partial charge in [0.15, 0.2) is 0 Å². The lowest BCUT2D eigenvalue weighted by atomic mass is 10.1. The van der Waals surface area contributed by atoms with E-state index in [1.165, 1.54) is 4.90 Å². The van der Waals surface area contributed by atoms with E-state index in [2.05, 4.69) is 12.1 Å². The van der Waals surface area contributed by atoms with E-state index in [0.717, 1.165) is 11.1 Å². The zero-order valence-electron chi connectivity index (χ0n) is 15.4. The number of carbonyl (C=O) groups excluding carboxylic acids is 2. The number of fused-ring (bicyclic) bond motifs is 1. The zero-order valence-corrected chi connectivity index (χ0v) is 16.3. The number of amides is 2. The summed E-state index contributed by atoms with van der Waals surface area (Å²) < 4.78 is 0. The highest BCUT2D eigenvalue weighted by Crippen LogP contribution is 2.26. The van der Waals surface area contributed by atoms with Crippen molar-refractivity contribution >= 4 is 23.6 Å². The number of hydrogen-bond donors (Lipinski definition) is 0. The van der Waals surface area contributed by atoms with E-state index in [1.54, 1.807) is 21.6 Å². The zero-order chi connectivity index (χ0) is 18.7. The minimum Gasteiger partial charge on any atom is -0.340 e. The second kappa shape index (κ2) is 7.96. The summed E-state index contributed by atoms with van der Waals surface area (Å²) in [5.41, 5.74) is 2.81. The molecule has 1 aliphatic rings. The third-order valence-electron chi connectivity index (χ3n) is 4.83. The predicted molar refractivity (Wildman–Crippen MR) is 105 cm³/mol. The summed E-state index contributed by atoms with van der Waals surface area (Å²) in [4.78, 5) is 30.4. The van der Waals surface area contributed by atoms with Gasteiger partial charge in [0.2, 0.25) is 5.91 Å². The average Bonchev–Trinajstić information content (AvgIpc) is 2.99. The molecule has 0 saturated heterocycles. The van der Waals surface area contributed by atoms with Gasteiger partial charge in [0.05, 0.1) is 0 Å². The number of rotatable bonds is 6. The van der Waals surface area contributed by atoms with Gasteiger partial charge in [-0.15, -0.1) is 11.8 Å². The van der Waals surface area contributed by atoms with Crippen LogP contribution in [-0.4, -0.2) is 41.0 Å². The largest absolute Gasteiger partial charge is 0.340 e. The fourth-order valence-corrected chi connectivity index (χ4v) is 3.92. The molecule has 1 atom stereocenters. The molecule has 2 amide bonds. The van der Waals surface area contributed by atoms with Crippen LogP contribution in [0.1, 0.15) is 34.8 Å². The van der Waals surface area contributed by atoms with Crippen LogP contribution in [0.2, 0.25) is 0 Å². The summed E-state index contributed by atoms with van der Waals surface area (Å²) >= 11 is 1.69. The lowest BCUT2D eigenvalue weighted by Crippen LogP contribution is -2.47. The molecule has 5 heteroatoms. The minimum atomic E-state index is -0.427. The predicted octanol–water partition coefficient (Wildman–Crippen LogP) is 3.80. The van der Waals surface area contributed by atoms with Crippen LogP contribution in [0.5, 0.6) is 0 Å². The summed E-state index contributed by atoms with van der Waals surface area (Å²) in [6.45, 7) is 3.01. The molecular weight excluding hydrogens is 344 g/mol. The van der Waals surface area contributed by atoms with Gasteiger partial charge >= 0.3 is 0 Å². The van der Waals surface area contributed by atoms with Gasteiger partial charge < -0.3 is 9.80 Å². The molecule has 2 aromatic carbocycles. The van der Waals surface area contributed by atoms with Crippen molar-refractivity contribution < 1.29 is 9.59 Å². The molecule has 136 valence electrons. The first-order chi connectivity index (χ1) is 12.5. The molecular formula is C21H24N2O2S. The highest BCUT2D eigenvalue weighted by molar-refractivity contribution is 7.98. The summed E-state index contributed by atoms with van der Waals surface area (Å²) in [5.74, 6) is -0.0539. The maximum Gasteiger partial charge on any atom is 0.255 e.